The van der Waals surface area contributed by atoms with E-state index in [4.69, 9.17) is 0 Å². The van der Waals surface area contributed by atoms with Crippen LogP contribution in [0.5, 0.6) is 0 Å². The number of amides is 1. The first kappa shape index (κ1) is 14.2. The molecule has 1 aliphatic carbocycles. The Bertz CT molecular complexity index is 290. The van der Waals surface area contributed by atoms with Crippen molar-refractivity contribution in [2.45, 2.75) is 56.2 Å². The number of carbonyl (C=O) groups is 1. The number of nitrogens with one attached hydrogen (secondary N) is 1. The van der Waals surface area contributed by atoms with Gasteiger partial charge in [0.2, 0.25) is 5.91 Å². The molecule has 1 aliphatic heterocycles. The van der Waals surface area contributed by atoms with Crippen molar-refractivity contribution in [1.82, 2.24) is 10.2 Å². The Morgan fingerprint density at radius 1 is 1.39 bits per heavy atom. The molecule has 2 rings (SSSR count). The zero-order chi connectivity index (χ0) is 13.0. The van der Waals surface area contributed by atoms with Crippen LogP contribution in [-0.4, -0.2) is 47.5 Å². The Morgan fingerprint density at radius 3 is 2.72 bits per heavy atom. The van der Waals surface area contributed by atoms with Gasteiger partial charge in [-0.25, -0.2) is 0 Å². The largest absolute Gasteiger partial charge is 0.341 e. The van der Waals surface area contributed by atoms with E-state index in [1.165, 1.54) is 19.3 Å². The maximum Gasteiger partial charge on any atom is 0.224 e. The highest BCUT2D eigenvalue weighted by Crippen LogP contribution is 2.31. The minimum absolute atomic E-state index is 0.0865. The van der Waals surface area contributed by atoms with Crippen LogP contribution >= 0.6 is 11.8 Å². The summed E-state index contributed by atoms with van der Waals surface area (Å²) >= 11 is 1.98. The molecule has 0 radical (unpaired) electrons. The van der Waals surface area contributed by atoms with E-state index in [9.17, 15) is 4.79 Å². The van der Waals surface area contributed by atoms with Gasteiger partial charge in [-0.05, 0) is 19.9 Å². The minimum Gasteiger partial charge on any atom is -0.341 e. The fraction of sp³-hybridized carbons (Fsp3) is 0.929. The molecule has 18 heavy (non-hydrogen) atoms. The van der Waals surface area contributed by atoms with E-state index in [0.717, 1.165) is 31.7 Å². The van der Waals surface area contributed by atoms with E-state index in [0.29, 0.717) is 17.6 Å². The first-order valence-electron chi connectivity index (χ1n) is 7.23. The van der Waals surface area contributed by atoms with Gasteiger partial charge in [-0.1, -0.05) is 26.2 Å². The molecule has 1 N–H and O–H groups in total. The van der Waals surface area contributed by atoms with Gasteiger partial charge in [0.15, 0.2) is 0 Å². The molecule has 0 aromatic heterocycles. The van der Waals surface area contributed by atoms with Gasteiger partial charge in [0.05, 0.1) is 0 Å². The summed E-state index contributed by atoms with van der Waals surface area (Å²) in [6.07, 6.45) is 6.87. The average molecular weight is 270 g/mol. The van der Waals surface area contributed by atoms with Gasteiger partial charge >= 0.3 is 0 Å². The maximum atomic E-state index is 12.5. The predicted molar refractivity (Wildman–Crippen MR) is 78.0 cm³/mol. The lowest BCUT2D eigenvalue weighted by molar-refractivity contribution is -0.133. The molecular formula is C14H26N2OS. The van der Waals surface area contributed by atoms with E-state index < -0.39 is 0 Å². The van der Waals surface area contributed by atoms with Gasteiger partial charge in [0.1, 0.15) is 0 Å². The normalized spacial score (nSPS) is 28.1. The fourth-order valence-electron chi connectivity index (χ4n) is 3.19. The molecule has 1 saturated carbocycles. The summed E-state index contributed by atoms with van der Waals surface area (Å²) in [5, 5.41) is 4.04. The highest BCUT2D eigenvalue weighted by atomic mass is 32.2. The summed E-state index contributed by atoms with van der Waals surface area (Å²) in [5.41, 5.74) is 0.0865. The van der Waals surface area contributed by atoms with E-state index >= 15 is 0 Å². The van der Waals surface area contributed by atoms with Crippen LogP contribution < -0.4 is 5.32 Å². The molecule has 1 amide bonds. The third-order valence-electron chi connectivity index (χ3n) is 4.42. The van der Waals surface area contributed by atoms with Gasteiger partial charge in [-0.3, -0.25) is 4.79 Å². The van der Waals surface area contributed by atoms with Crippen LogP contribution in [0, 0.1) is 0 Å². The molecule has 0 aromatic rings. The molecule has 0 aromatic carbocycles. The molecule has 104 valence electrons. The van der Waals surface area contributed by atoms with Crippen molar-refractivity contribution >= 4 is 17.7 Å². The Labute approximate surface area is 115 Å². The SMILES string of the molecule is CNC1(CC(=O)N2CCSC(C)C2)CCCCC1. The van der Waals surface area contributed by atoms with Crippen molar-refractivity contribution < 1.29 is 4.79 Å². The van der Waals surface area contributed by atoms with Crippen molar-refractivity contribution in [3.05, 3.63) is 0 Å². The molecule has 1 heterocycles. The van der Waals surface area contributed by atoms with E-state index in [1.807, 2.05) is 18.8 Å². The van der Waals surface area contributed by atoms with Crippen LogP contribution in [0.3, 0.4) is 0 Å². The lowest BCUT2D eigenvalue weighted by atomic mass is 9.79. The molecule has 1 atom stereocenters. The second-order valence-electron chi connectivity index (χ2n) is 5.79. The molecule has 3 nitrogen and oxygen atoms in total. The first-order valence-corrected chi connectivity index (χ1v) is 8.28. The fourth-order valence-corrected chi connectivity index (χ4v) is 4.20. The Kier molecular flexibility index (Phi) is 4.96. The minimum atomic E-state index is 0.0865. The predicted octanol–water partition coefficient (Wildman–Crippen LogP) is 2.26. The van der Waals surface area contributed by atoms with Crippen molar-refractivity contribution in [2.75, 3.05) is 25.9 Å². The van der Waals surface area contributed by atoms with Crippen LogP contribution in [0.25, 0.3) is 0 Å². The summed E-state index contributed by atoms with van der Waals surface area (Å²) in [6, 6.07) is 0. The molecule has 2 aliphatic rings. The number of nitrogens with zero attached hydrogens (tertiary/aromatic N) is 1. The number of thioether (sulfide) groups is 1. The molecule has 2 fully saturated rings. The molecule has 4 heteroatoms. The molecule has 0 bridgehead atoms. The van der Waals surface area contributed by atoms with Crippen molar-refractivity contribution in [3.8, 4) is 0 Å². The first-order chi connectivity index (χ1) is 8.65. The second-order valence-corrected chi connectivity index (χ2v) is 7.34. The van der Waals surface area contributed by atoms with Crippen molar-refractivity contribution in [1.29, 1.82) is 0 Å². The highest BCUT2D eigenvalue weighted by Gasteiger charge is 2.34. The molecule has 0 spiro atoms. The number of hydrogen-bond acceptors (Lipinski definition) is 3. The van der Waals surface area contributed by atoms with Gasteiger partial charge in [0.25, 0.3) is 0 Å². The summed E-state index contributed by atoms with van der Waals surface area (Å²) in [4.78, 5) is 14.5. The lowest BCUT2D eigenvalue weighted by Gasteiger charge is -2.39. The molecular weight excluding hydrogens is 244 g/mol. The van der Waals surface area contributed by atoms with Gasteiger partial charge in [-0.15, -0.1) is 0 Å². The maximum absolute atomic E-state index is 12.5. The number of hydrogen-bond donors (Lipinski definition) is 1. The Balaban J connectivity index is 1.92. The average Bonchev–Trinajstić information content (AvgIpc) is 2.40. The smallest absolute Gasteiger partial charge is 0.224 e. The van der Waals surface area contributed by atoms with Crippen LogP contribution in [-0.2, 0) is 4.79 Å². The van der Waals surface area contributed by atoms with Crippen LogP contribution in [0.15, 0.2) is 0 Å². The van der Waals surface area contributed by atoms with Gasteiger partial charge in [0, 0.05) is 36.1 Å². The molecule has 1 saturated heterocycles. The zero-order valence-electron chi connectivity index (χ0n) is 11.7. The lowest BCUT2D eigenvalue weighted by Crippen LogP contribution is -2.50. The van der Waals surface area contributed by atoms with Gasteiger partial charge < -0.3 is 10.2 Å². The third kappa shape index (κ3) is 3.41. The third-order valence-corrected chi connectivity index (χ3v) is 5.56. The van der Waals surface area contributed by atoms with E-state index in [1.54, 1.807) is 0 Å². The summed E-state index contributed by atoms with van der Waals surface area (Å²) in [5.74, 6) is 1.46. The topological polar surface area (TPSA) is 32.3 Å². The van der Waals surface area contributed by atoms with E-state index in [2.05, 4.69) is 17.1 Å². The zero-order valence-corrected chi connectivity index (χ0v) is 12.5. The highest BCUT2D eigenvalue weighted by molar-refractivity contribution is 7.99. The van der Waals surface area contributed by atoms with Crippen molar-refractivity contribution in [2.24, 2.45) is 0 Å². The van der Waals surface area contributed by atoms with Crippen LogP contribution in [0.1, 0.15) is 45.4 Å². The summed E-state index contributed by atoms with van der Waals surface area (Å²) in [7, 11) is 2.02. The number of rotatable bonds is 3. The van der Waals surface area contributed by atoms with Crippen molar-refractivity contribution in [3.63, 3.8) is 0 Å². The van der Waals surface area contributed by atoms with E-state index in [-0.39, 0.29) is 5.54 Å². The number of carbonyl (C=O) groups excluding carboxylic acids is 1. The summed E-state index contributed by atoms with van der Waals surface area (Å²) in [6.45, 7) is 4.09. The second kappa shape index (κ2) is 6.29. The summed E-state index contributed by atoms with van der Waals surface area (Å²) < 4.78 is 0. The van der Waals surface area contributed by atoms with Crippen LogP contribution in [0.2, 0.25) is 0 Å². The Morgan fingerprint density at radius 2 is 2.11 bits per heavy atom. The quantitative estimate of drug-likeness (QED) is 0.854. The van der Waals surface area contributed by atoms with Gasteiger partial charge in [-0.2, -0.15) is 11.8 Å². The Hall–Kier alpha value is -0.220. The monoisotopic (exact) mass is 270 g/mol. The molecule has 1 unspecified atom stereocenters. The van der Waals surface area contributed by atoms with Crippen LogP contribution in [0.4, 0.5) is 0 Å². The standard InChI is InChI=1S/C14H26N2OS/c1-12-11-16(8-9-18-12)13(17)10-14(15-2)6-4-3-5-7-14/h12,15H,3-11H2,1-2H3.